The molecule has 0 radical (unpaired) electrons. The van der Waals surface area contributed by atoms with Crippen molar-refractivity contribution in [3.8, 4) is 0 Å². The van der Waals surface area contributed by atoms with E-state index in [9.17, 15) is 0 Å². The van der Waals surface area contributed by atoms with Crippen molar-refractivity contribution in [2.75, 3.05) is 0 Å². The largest absolute Gasteiger partial charge is 0.304 e. The molecule has 0 saturated carbocycles. The molecule has 1 atom stereocenters. The number of hydrogen-bond acceptors (Lipinski definition) is 3. The van der Waals surface area contributed by atoms with Gasteiger partial charge in [0, 0.05) is 28.5 Å². The lowest BCUT2D eigenvalue weighted by Gasteiger charge is -2.12. The van der Waals surface area contributed by atoms with E-state index in [0.29, 0.717) is 6.04 Å². The summed E-state index contributed by atoms with van der Waals surface area (Å²) >= 11 is 1.89. The lowest BCUT2D eigenvalue weighted by atomic mass is 10.2. The Morgan fingerprint density at radius 3 is 2.71 bits per heavy atom. The first-order valence-corrected chi connectivity index (χ1v) is 6.83. The van der Waals surface area contributed by atoms with Crippen molar-refractivity contribution >= 4 is 11.3 Å². The molecule has 2 aromatic rings. The fourth-order valence-corrected chi connectivity index (χ4v) is 2.61. The molecule has 0 spiro atoms. The van der Waals surface area contributed by atoms with E-state index in [0.717, 1.165) is 18.7 Å². The van der Waals surface area contributed by atoms with E-state index in [-0.39, 0.29) is 0 Å². The Bertz CT molecular complexity index is 450. The van der Waals surface area contributed by atoms with E-state index in [4.69, 9.17) is 0 Å². The summed E-state index contributed by atoms with van der Waals surface area (Å²) in [5.41, 5.74) is 1.10. The molecular formula is C14H18N2S. The normalized spacial score (nSPS) is 12.6. The van der Waals surface area contributed by atoms with Crippen molar-refractivity contribution in [2.45, 2.75) is 32.9 Å². The summed E-state index contributed by atoms with van der Waals surface area (Å²) in [6, 6.07) is 10.8. The quantitative estimate of drug-likeness (QED) is 0.872. The predicted molar refractivity (Wildman–Crippen MR) is 73.2 cm³/mol. The minimum atomic E-state index is 0.295. The fraction of sp³-hybridized carbons (Fsp3) is 0.357. The Morgan fingerprint density at radius 1 is 1.24 bits per heavy atom. The summed E-state index contributed by atoms with van der Waals surface area (Å²) in [5, 5.41) is 3.50. The van der Waals surface area contributed by atoms with Crippen molar-refractivity contribution in [2.24, 2.45) is 0 Å². The minimum absolute atomic E-state index is 0.295. The molecule has 0 aromatic carbocycles. The molecule has 2 nitrogen and oxygen atoms in total. The Balaban J connectivity index is 1.90. The van der Waals surface area contributed by atoms with Crippen LogP contribution in [-0.4, -0.2) is 4.98 Å². The van der Waals surface area contributed by atoms with E-state index in [2.05, 4.69) is 42.3 Å². The van der Waals surface area contributed by atoms with Crippen LogP contribution in [0.3, 0.4) is 0 Å². The van der Waals surface area contributed by atoms with Gasteiger partial charge >= 0.3 is 0 Å². The lowest BCUT2D eigenvalue weighted by molar-refractivity contribution is 0.565. The molecule has 0 bridgehead atoms. The number of thiophene rings is 1. The molecule has 2 heterocycles. The van der Waals surface area contributed by atoms with Gasteiger partial charge in [-0.1, -0.05) is 13.0 Å². The second kappa shape index (κ2) is 5.94. The van der Waals surface area contributed by atoms with Gasteiger partial charge in [-0.2, -0.15) is 0 Å². The summed E-state index contributed by atoms with van der Waals surface area (Å²) in [5.74, 6) is 0. The first-order valence-electron chi connectivity index (χ1n) is 6.01. The third-order valence-corrected chi connectivity index (χ3v) is 4.01. The second-order valence-electron chi connectivity index (χ2n) is 4.08. The summed E-state index contributed by atoms with van der Waals surface area (Å²) in [7, 11) is 0. The summed E-state index contributed by atoms with van der Waals surface area (Å²) in [6.07, 6.45) is 2.97. The average Bonchev–Trinajstić information content (AvgIpc) is 2.85. The van der Waals surface area contributed by atoms with Crippen LogP contribution in [0.25, 0.3) is 0 Å². The third-order valence-electron chi connectivity index (χ3n) is 2.78. The standard InChI is InChI=1S/C14H18N2S/c1-3-12-7-8-13(17-12)10-16-11(2)14-6-4-5-9-15-14/h4-9,11,16H,3,10H2,1-2H3/t11-/m0/s1. The molecule has 0 unspecified atom stereocenters. The summed E-state index contributed by atoms with van der Waals surface area (Å²) in [4.78, 5) is 7.20. The van der Waals surface area contributed by atoms with Gasteiger partial charge in [0.25, 0.3) is 0 Å². The Hall–Kier alpha value is -1.19. The number of nitrogens with one attached hydrogen (secondary N) is 1. The zero-order valence-corrected chi connectivity index (χ0v) is 11.1. The molecule has 2 aromatic heterocycles. The van der Waals surface area contributed by atoms with E-state index < -0.39 is 0 Å². The topological polar surface area (TPSA) is 24.9 Å². The van der Waals surface area contributed by atoms with Gasteiger partial charge in [0.15, 0.2) is 0 Å². The molecule has 3 heteroatoms. The maximum Gasteiger partial charge on any atom is 0.0570 e. The fourth-order valence-electron chi connectivity index (χ4n) is 1.70. The maximum atomic E-state index is 4.35. The smallest absolute Gasteiger partial charge is 0.0570 e. The van der Waals surface area contributed by atoms with Gasteiger partial charge in [0.2, 0.25) is 0 Å². The van der Waals surface area contributed by atoms with Crippen molar-refractivity contribution in [1.29, 1.82) is 0 Å². The molecule has 2 rings (SSSR count). The molecule has 0 amide bonds. The summed E-state index contributed by atoms with van der Waals surface area (Å²) in [6.45, 7) is 5.26. The van der Waals surface area contributed by atoms with Crippen LogP contribution in [0, 0.1) is 0 Å². The molecule has 1 N–H and O–H groups in total. The van der Waals surface area contributed by atoms with Gasteiger partial charge < -0.3 is 5.32 Å². The molecule has 0 aliphatic carbocycles. The van der Waals surface area contributed by atoms with Crippen LogP contribution in [0.2, 0.25) is 0 Å². The highest BCUT2D eigenvalue weighted by Crippen LogP contribution is 2.18. The highest BCUT2D eigenvalue weighted by atomic mass is 32.1. The van der Waals surface area contributed by atoms with Crippen molar-refractivity contribution in [3.05, 3.63) is 52.0 Å². The van der Waals surface area contributed by atoms with E-state index >= 15 is 0 Å². The number of pyridine rings is 1. The van der Waals surface area contributed by atoms with Crippen LogP contribution < -0.4 is 5.32 Å². The zero-order valence-electron chi connectivity index (χ0n) is 10.3. The van der Waals surface area contributed by atoms with Crippen LogP contribution in [0.15, 0.2) is 36.5 Å². The SMILES string of the molecule is CCc1ccc(CN[C@@H](C)c2ccccn2)s1. The zero-order chi connectivity index (χ0) is 12.1. The number of nitrogens with zero attached hydrogens (tertiary/aromatic N) is 1. The molecule has 0 fully saturated rings. The van der Waals surface area contributed by atoms with Crippen molar-refractivity contribution < 1.29 is 0 Å². The monoisotopic (exact) mass is 246 g/mol. The van der Waals surface area contributed by atoms with Gasteiger partial charge in [-0.15, -0.1) is 11.3 Å². The second-order valence-corrected chi connectivity index (χ2v) is 5.33. The van der Waals surface area contributed by atoms with Crippen LogP contribution in [0.4, 0.5) is 0 Å². The number of hydrogen-bond donors (Lipinski definition) is 1. The third kappa shape index (κ3) is 3.38. The highest BCUT2D eigenvalue weighted by molar-refractivity contribution is 7.11. The molecule has 90 valence electrons. The van der Waals surface area contributed by atoms with Gasteiger partial charge in [-0.25, -0.2) is 0 Å². The Kier molecular flexibility index (Phi) is 4.29. The van der Waals surface area contributed by atoms with Crippen LogP contribution in [0.5, 0.6) is 0 Å². The van der Waals surface area contributed by atoms with Crippen molar-refractivity contribution in [3.63, 3.8) is 0 Å². The molecule has 17 heavy (non-hydrogen) atoms. The first-order chi connectivity index (χ1) is 8.29. The van der Waals surface area contributed by atoms with Crippen LogP contribution >= 0.6 is 11.3 Å². The average molecular weight is 246 g/mol. The van der Waals surface area contributed by atoms with Crippen molar-refractivity contribution in [1.82, 2.24) is 10.3 Å². The maximum absolute atomic E-state index is 4.35. The lowest BCUT2D eigenvalue weighted by Crippen LogP contribution is -2.18. The van der Waals surface area contributed by atoms with Gasteiger partial charge in [-0.05, 0) is 37.6 Å². The van der Waals surface area contributed by atoms with Gasteiger partial charge in [0.05, 0.1) is 5.69 Å². The highest BCUT2D eigenvalue weighted by Gasteiger charge is 2.06. The predicted octanol–water partition coefficient (Wildman–Crippen LogP) is 3.56. The van der Waals surface area contributed by atoms with Crippen LogP contribution in [0.1, 0.15) is 35.3 Å². The van der Waals surface area contributed by atoms with E-state index in [1.54, 1.807) is 0 Å². The summed E-state index contributed by atoms with van der Waals surface area (Å²) < 4.78 is 0. The number of aromatic nitrogens is 1. The van der Waals surface area contributed by atoms with Gasteiger partial charge in [0.1, 0.15) is 0 Å². The van der Waals surface area contributed by atoms with Crippen LogP contribution in [-0.2, 0) is 13.0 Å². The number of aryl methyl sites for hydroxylation is 1. The number of rotatable bonds is 5. The minimum Gasteiger partial charge on any atom is -0.304 e. The Labute approximate surface area is 107 Å². The van der Waals surface area contributed by atoms with E-state index in [1.165, 1.54) is 9.75 Å². The molecule has 0 aliphatic rings. The molecular weight excluding hydrogens is 228 g/mol. The Morgan fingerprint density at radius 2 is 2.06 bits per heavy atom. The van der Waals surface area contributed by atoms with E-state index in [1.807, 2.05) is 29.7 Å². The van der Waals surface area contributed by atoms with Gasteiger partial charge in [-0.3, -0.25) is 4.98 Å². The molecule has 0 saturated heterocycles. The molecule has 0 aliphatic heterocycles. The first kappa shape index (κ1) is 12.3.